The Balaban J connectivity index is 0.000000845. The molecule has 0 spiro atoms. The van der Waals surface area contributed by atoms with Crippen LogP contribution in [-0.2, 0) is 6.42 Å². The topological polar surface area (TPSA) is 51.3 Å². The standard InChI is InChI=1S/C7H9N3S2.2ClH/c8-7-10-5(3-11-7)1-6-2-9-4-12-6;;/h2,4-5H,1,3H2,(H2,8,10);2*1H/t5-;;/m0../s1. The molecule has 80 valence electrons. The molecule has 2 N–H and O–H groups in total. The summed E-state index contributed by atoms with van der Waals surface area (Å²) in [6, 6.07) is 0.371. The average molecular weight is 272 g/mol. The van der Waals surface area contributed by atoms with E-state index in [2.05, 4.69) is 9.98 Å². The minimum Gasteiger partial charge on any atom is -0.379 e. The minimum absolute atomic E-state index is 0. The van der Waals surface area contributed by atoms with Gasteiger partial charge in [0.25, 0.3) is 0 Å². The first kappa shape index (κ1) is 14.0. The van der Waals surface area contributed by atoms with E-state index in [9.17, 15) is 0 Å². The van der Waals surface area contributed by atoms with Crippen molar-refractivity contribution in [3.8, 4) is 0 Å². The van der Waals surface area contributed by atoms with Crippen molar-refractivity contribution in [3.63, 3.8) is 0 Å². The van der Waals surface area contributed by atoms with Gasteiger partial charge in [0.05, 0.1) is 11.6 Å². The van der Waals surface area contributed by atoms with Gasteiger partial charge in [0, 0.05) is 23.2 Å². The summed E-state index contributed by atoms with van der Waals surface area (Å²) in [5, 5.41) is 0.726. The third-order valence-corrected chi connectivity index (χ3v) is 3.41. The summed E-state index contributed by atoms with van der Waals surface area (Å²) in [6.07, 6.45) is 2.89. The molecule has 2 rings (SSSR count). The number of thiazole rings is 1. The van der Waals surface area contributed by atoms with E-state index in [1.165, 1.54) is 4.88 Å². The molecule has 0 fully saturated rings. The Labute approximate surface area is 103 Å². The molecular formula is C7H11Cl2N3S2. The number of rotatable bonds is 2. The van der Waals surface area contributed by atoms with E-state index in [1.807, 2.05) is 11.7 Å². The van der Waals surface area contributed by atoms with Crippen LogP contribution in [0.4, 0.5) is 0 Å². The van der Waals surface area contributed by atoms with E-state index < -0.39 is 0 Å². The molecule has 1 aliphatic heterocycles. The van der Waals surface area contributed by atoms with Crippen LogP contribution in [0.3, 0.4) is 0 Å². The molecule has 0 radical (unpaired) electrons. The Kier molecular flexibility index (Phi) is 6.52. The maximum atomic E-state index is 5.55. The summed E-state index contributed by atoms with van der Waals surface area (Å²) in [4.78, 5) is 9.61. The zero-order valence-corrected chi connectivity index (χ0v) is 10.5. The van der Waals surface area contributed by atoms with E-state index in [-0.39, 0.29) is 24.8 Å². The molecule has 1 atom stereocenters. The highest BCUT2D eigenvalue weighted by atomic mass is 35.5. The molecule has 7 heteroatoms. The second kappa shape index (κ2) is 6.50. The lowest BCUT2D eigenvalue weighted by molar-refractivity contribution is 0.770. The zero-order chi connectivity index (χ0) is 8.39. The first-order chi connectivity index (χ1) is 5.84. The van der Waals surface area contributed by atoms with Crippen molar-refractivity contribution in [2.75, 3.05) is 5.75 Å². The highest BCUT2D eigenvalue weighted by Crippen LogP contribution is 2.19. The second-order valence-corrected chi connectivity index (χ2v) is 4.62. The summed E-state index contributed by atoms with van der Waals surface area (Å²) in [5.41, 5.74) is 7.41. The molecule has 0 saturated carbocycles. The third kappa shape index (κ3) is 3.65. The van der Waals surface area contributed by atoms with Gasteiger partial charge in [-0.25, -0.2) is 0 Å². The number of thioether (sulfide) groups is 1. The summed E-state index contributed by atoms with van der Waals surface area (Å²) in [6.45, 7) is 0. The van der Waals surface area contributed by atoms with Crippen LogP contribution >= 0.6 is 47.9 Å². The molecule has 0 aromatic carbocycles. The van der Waals surface area contributed by atoms with Gasteiger partial charge in [-0.2, -0.15) is 0 Å². The van der Waals surface area contributed by atoms with Crippen molar-refractivity contribution >= 4 is 53.1 Å². The Morgan fingerprint density at radius 2 is 2.29 bits per heavy atom. The van der Waals surface area contributed by atoms with Crippen LogP contribution in [0.5, 0.6) is 0 Å². The Morgan fingerprint density at radius 3 is 2.79 bits per heavy atom. The van der Waals surface area contributed by atoms with Gasteiger partial charge in [0.15, 0.2) is 5.17 Å². The number of aliphatic imine (C=N–C) groups is 1. The van der Waals surface area contributed by atoms with Gasteiger partial charge in [-0.15, -0.1) is 36.2 Å². The van der Waals surface area contributed by atoms with Crippen LogP contribution < -0.4 is 5.73 Å². The quantitative estimate of drug-likeness (QED) is 0.895. The number of hydrogen-bond acceptors (Lipinski definition) is 5. The number of halogens is 2. The summed E-state index contributed by atoms with van der Waals surface area (Å²) < 4.78 is 0. The van der Waals surface area contributed by atoms with Gasteiger partial charge in [-0.3, -0.25) is 9.98 Å². The molecule has 0 aliphatic carbocycles. The summed E-state index contributed by atoms with van der Waals surface area (Å²) >= 11 is 3.32. The van der Waals surface area contributed by atoms with Gasteiger partial charge < -0.3 is 5.73 Å². The number of nitrogens with two attached hydrogens (primary N) is 1. The lowest BCUT2D eigenvalue weighted by atomic mass is 10.2. The molecule has 0 saturated heterocycles. The predicted molar refractivity (Wildman–Crippen MR) is 68.2 cm³/mol. The molecule has 0 amide bonds. The van der Waals surface area contributed by atoms with E-state index >= 15 is 0 Å². The molecule has 3 nitrogen and oxygen atoms in total. The number of nitrogens with zero attached hydrogens (tertiary/aromatic N) is 2. The summed E-state index contributed by atoms with van der Waals surface area (Å²) in [5.74, 6) is 1.02. The van der Waals surface area contributed by atoms with E-state index in [0.29, 0.717) is 6.04 Å². The van der Waals surface area contributed by atoms with Gasteiger partial charge in [-0.05, 0) is 0 Å². The van der Waals surface area contributed by atoms with E-state index in [0.717, 1.165) is 17.3 Å². The fraction of sp³-hybridized carbons (Fsp3) is 0.429. The fourth-order valence-electron chi connectivity index (χ4n) is 1.12. The highest BCUT2D eigenvalue weighted by Gasteiger charge is 2.16. The first-order valence-electron chi connectivity index (χ1n) is 3.68. The average Bonchev–Trinajstić information content (AvgIpc) is 2.63. The van der Waals surface area contributed by atoms with Crippen molar-refractivity contribution in [1.82, 2.24) is 4.98 Å². The molecule has 1 aromatic rings. The lowest BCUT2D eigenvalue weighted by Crippen LogP contribution is -2.07. The van der Waals surface area contributed by atoms with Gasteiger partial charge >= 0.3 is 0 Å². The number of aromatic nitrogens is 1. The maximum Gasteiger partial charge on any atom is 0.154 e. The lowest BCUT2D eigenvalue weighted by Gasteiger charge is -2.00. The molecule has 1 aliphatic rings. The molecule has 0 bridgehead atoms. The van der Waals surface area contributed by atoms with Crippen LogP contribution in [-0.4, -0.2) is 21.9 Å². The number of amidine groups is 1. The Hall–Kier alpha value is 0.0300. The van der Waals surface area contributed by atoms with Crippen molar-refractivity contribution in [1.29, 1.82) is 0 Å². The van der Waals surface area contributed by atoms with Crippen LogP contribution in [0, 0.1) is 0 Å². The predicted octanol–water partition coefficient (Wildman–Crippen LogP) is 1.96. The molecular weight excluding hydrogens is 261 g/mol. The normalized spacial score (nSPS) is 19.4. The van der Waals surface area contributed by atoms with Crippen molar-refractivity contribution < 1.29 is 0 Å². The molecule has 14 heavy (non-hydrogen) atoms. The fourth-order valence-corrected chi connectivity index (χ4v) is 2.56. The van der Waals surface area contributed by atoms with Crippen LogP contribution in [0.2, 0.25) is 0 Å². The van der Waals surface area contributed by atoms with Crippen LogP contribution in [0.25, 0.3) is 0 Å². The largest absolute Gasteiger partial charge is 0.379 e. The van der Waals surface area contributed by atoms with Crippen molar-refractivity contribution in [2.24, 2.45) is 10.7 Å². The number of hydrogen-bond donors (Lipinski definition) is 1. The SMILES string of the molecule is Cl.Cl.NC1=N[C@@H](Cc2cncs2)CS1. The van der Waals surface area contributed by atoms with Crippen molar-refractivity contribution in [2.45, 2.75) is 12.5 Å². The molecule has 1 aromatic heterocycles. The third-order valence-electron chi connectivity index (χ3n) is 1.65. The van der Waals surface area contributed by atoms with Crippen molar-refractivity contribution in [3.05, 3.63) is 16.6 Å². The van der Waals surface area contributed by atoms with Crippen LogP contribution in [0.15, 0.2) is 16.7 Å². The Bertz CT molecular complexity index is 289. The smallest absolute Gasteiger partial charge is 0.154 e. The minimum atomic E-state index is 0. The van der Waals surface area contributed by atoms with E-state index in [4.69, 9.17) is 5.73 Å². The molecule has 2 heterocycles. The second-order valence-electron chi connectivity index (χ2n) is 2.60. The monoisotopic (exact) mass is 271 g/mol. The maximum absolute atomic E-state index is 5.55. The van der Waals surface area contributed by atoms with E-state index in [1.54, 1.807) is 23.1 Å². The first-order valence-corrected chi connectivity index (χ1v) is 5.54. The summed E-state index contributed by atoms with van der Waals surface area (Å²) in [7, 11) is 0. The van der Waals surface area contributed by atoms with Gasteiger partial charge in [0.2, 0.25) is 0 Å². The van der Waals surface area contributed by atoms with Crippen LogP contribution in [0.1, 0.15) is 4.88 Å². The molecule has 0 unspecified atom stereocenters. The highest BCUT2D eigenvalue weighted by molar-refractivity contribution is 8.14. The Morgan fingerprint density at radius 1 is 1.50 bits per heavy atom. The zero-order valence-electron chi connectivity index (χ0n) is 7.25. The van der Waals surface area contributed by atoms with Gasteiger partial charge in [-0.1, -0.05) is 11.8 Å². The van der Waals surface area contributed by atoms with Gasteiger partial charge in [0.1, 0.15) is 0 Å².